The molecule has 2 rings (SSSR count). The minimum atomic E-state index is 0.117. The van der Waals surface area contributed by atoms with Gasteiger partial charge in [0.25, 0.3) is 0 Å². The van der Waals surface area contributed by atoms with Gasteiger partial charge in [-0.2, -0.15) is 0 Å². The Morgan fingerprint density at radius 1 is 1.24 bits per heavy atom. The lowest BCUT2D eigenvalue weighted by atomic mass is 9.85. The van der Waals surface area contributed by atoms with Crippen molar-refractivity contribution in [2.24, 2.45) is 5.92 Å². The van der Waals surface area contributed by atoms with Crippen LogP contribution in [-0.4, -0.2) is 17.8 Å². The predicted molar refractivity (Wildman–Crippen MR) is 85.8 cm³/mol. The van der Waals surface area contributed by atoms with E-state index in [0.717, 1.165) is 11.1 Å². The van der Waals surface area contributed by atoms with Gasteiger partial charge in [0.15, 0.2) is 0 Å². The molecule has 2 nitrogen and oxygen atoms in total. The van der Waals surface area contributed by atoms with E-state index < -0.39 is 0 Å². The first kappa shape index (κ1) is 16.1. The van der Waals surface area contributed by atoms with Crippen LogP contribution in [0.1, 0.15) is 56.6 Å². The summed E-state index contributed by atoms with van der Waals surface area (Å²) in [6.07, 6.45) is 7.27. The molecule has 0 bridgehead atoms. The largest absolute Gasteiger partial charge is 0.395 e. The Balaban J connectivity index is 1.98. The van der Waals surface area contributed by atoms with Crippen molar-refractivity contribution in [1.82, 2.24) is 0 Å². The highest BCUT2D eigenvalue weighted by molar-refractivity contribution is 5.40. The average molecular weight is 286 g/mol. The van der Waals surface area contributed by atoms with E-state index in [1.807, 2.05) is 18.2 Å². The number of benzene rings is 1. The summed E-state index contributed by atoms with van der Waals surface area (Å²) in [4.78, 5) is 0. The van der Waals surface area contributed by atoms with Crippen LogP contribution < -0.4 is 0 Å². The molecule has 114 valence electrons. The van der Waals surface area contributed by atoms with Gasteiger partial charge in [0, 0.05) is 12.0 Å². The summed E-state index contributed by atoms with van der Waals surface area (Å²) in [6.45, 7) is 3.03. The van der Waals surface area contributed by atoms with E-state index in [0.29, 0.717) is 25.0 Å². The van der Waals surface area contributed by atoms with Crippen LogP contribution >= 0.6 is 0 Å². The van der Waals surface area contributed by atoms with Crippen molar-refractivity contribution in [2.75, 3.05) is 6.61 Å². The van der Waals surface area contributed by atoms with Crippen LogP contribution in [0.2, 0.25) is 0 Å². The zero-order valence-electron chi connectivity index (χ0n) is 13.0. The summed E-state index contributed by atoms with van der Waals surface area (Å²) in [6, 6.07) is 8.16. The standard InChI is InChI=1S/C19H26O2/c1-2-16-9-5-6-13-19(16)21-15-18-12-4-3-10-17(18)11-7-8-14-20/h3-4,10,12,16,19-20H,2,5-6,8-9,13-15H2,1H3. The summed E-state index contributed by atoms with van der Waals surface area (Å²) < 4.78 is 6.20. The Bertz CT molecular complexity index is 484. The summed E-state index contributed by atoms with van der Waals surface area (Å²) in [7, 11) is 0. The van der Waals surface area contributed by atoms with Crippen molar-refractivity contribution in [2.45, 2.75) is 58.2 Å². The van der Waals surface area contributed by atoms with Gasteiger partial charge in [-0.05, 0) is 30.4 Å². The monoisotopic (exact) mass is 286 g/mol. The summed E-state index contributed by atoms with van der Waals surface area (Å²) in [5.41, 5.74) is 2.18. The van der Waals surface area contributed by atoms with Crippen molar-refractivity contribution in [3.05, 3.63) is 35.4 Å². The van der Waals surface area contributed by atoms with Crippen LogP contribution in [-0.2, 0) is 11.3 Å². The third-order valence-corrected chi connectivity index (χ3v) is 4.29. The third kappa shape index (κ3) is 4.88. The van der Waals surface area contributed by atoms with Crippen LogP contribution in [0.4, 0.5) is 0 Å². The van der Waals surface area contributed by atoms with Crippen molar-refractivity contribution in [3.8, 4) is 11.8 Å². The molecule has 1 aromatic carbocycles. The number of hydrogen-bond acceptors (Lipinski definition) is 2. The van der Waals surface area contributed by atoms with E-state index in [-0.39, 0.29) is 6.61 Å². The first-order chi connectivity index (χ1) is 10.3. The van der Waals surface area contributed by atoms with Crippen LogP contribution in [0.5, 0.6) is 0 Å². The second kappa shape index (κ2) is 8.87. The topological polar surface area (TPSA) is 29.5 Å². The lowest BCUT2D eigenvalue weighted by Gasteiger charge is -2.30. The molecular weight excluding hydrogens is 260 g/mol. The molecule has 1 aliphatic carbocycles. The van der Waals surface area contributed by atoms with E-state index in [4.69, 9.17) is 9.84 Å². The number of ether oxygens (including phenoxy) is 1. The molecule has 0 saturated heterocycles. The second-order valence-electron chi connectivity index (χ2n) is 5.73. The normalized spacial score (nSPS) is 21.6. The zero-order chi connectivity index (χ0) is 14.9. The number of aliphatic hydroxyl groups excluding tert-OH is 1. The zero-order valence-corrected chi connectivity index (χ0v) is 13.0. The van der Waals surface area contributed by atoms with Crippen molar-refractivity contribution in [1.29, 1.82) is 0 Å². The molecule has 1 aromatic rings. The SMILES string of the molecule is CCC1CCCCC1OCc1ccccc1C#CCCO. The molecule has 0 spiro atoms. The molecule has 1 fully saturated rings. The molecule has 21 heavy (non-hydrogen) atoms. The number of rotatable bonds is 5. The Labute approximate surface area is 128 Å². The highest BCUT2D eigenvalue weighted by atomic mass is 16.5. The summed E-state index contributed by atoms with van der Waals surface area (Å²) >= 11 is 0. The fourth-order valence-corrected chi connectivity index (χ4v) is 3.04. The molecule has 1 N–H and O–H groups in total. The highest BCUT2D eigenvalue weighted by Gasteiger charge is 2.24. The van der Waals surface area contributed by atoms with Crippen LogP contribution in [0.15, 0.2) is 24.3 Å². The van der Waals surface area contributed by atoms with E-state index >= 15 is 0 Å². The maximum atomic E-state index is 8.82. The number of aliphatic hydroxyl groups is 1. The van der Waals surface area contributed by atoms with E-state index in [2.05, 4.69) is 24.8 Å². The van der Waals surface area contributed by atoms with Crippen molar-refractivity contribution < 1.29 is 9.84 Å². The van der Waals surface area contributed by atoms with Gasteiger partial charge in [0.2, 0.25) is 0 Å². The molecule has 0 heterocycles. The van der Waals surface area contributed by atoms with Crippen LogP contribution in [0, 0.1) is 17.8 Å². The van der Waals surface area contributed by atoms with Crippen molar-refractivity contribution in [3.63, 3.8) is 0 Å². The molecule has 1 aliphatic rings. The lowest BCUT2D eigenvalue weighted by Crippen LogP contribution is -2.27. The van der Waals surface area contributed by atoms with Crippen molar-refractivity contribution >= 4 is 0 Å². The highest BCUT2D eigenvalue weighted by Crippen LogP contribution is 2.29. The van der Waals surface area contributed by atoms with E-state index in [1.54, 1.807) is 0 Å². The fraction of sp³-hybridized carbons (Fsp3) is 0.579. The van der Waals surface area contributed by atoms with Gasteiger partial charge in [0.05, 0.1) is 19.3 Å². The molecule has 0 amide bonds. The molecule has 2 unspecified atom stereocenters. The molecule has 2 heteroatoms. The van der Waals surface area contributed by atoms with Gasteiger partial charge in [0.1, 0.15) is 0 Å². The van der Waals surface area contributed by atoms with E-state index in [1.165, 1.54) is 32.1 Å². The fourth-order valence-electron chi connectivity index (χ4n) is 3.04. The smallest absolute Gasteiger partial charge is 0.0732 e. The average Bonchev–Trinajstić information content (AvgIpc) is 2.54. The molecule has 0 radical (unpaired) electrons. The maximum absolute atomic E-state index is 8.82. The first-order valence-corrected chi connectivity index (χ1v) is 8.14. The predicted octanol–water partition coefficient (Wildman–Crippen LogP) is 3.91. The Hall–Kier alpha value is -1.30. The molecular formula is C19H26O2. The van der Waals surface area contributed by atoms with Gasteiger partial charge in [-0.15, -0.1) is 0 Å². The Morgan fingerprint density at radius 2 is 2.05 bits per heavy atom. The minimum absolute atomic E-state index is 0.117. The first-order valence-electron chi connectivity index (χ1n) is 8.14. The Morgan fingerprint density at radius 3 is 2.86 bits per heavy atom. The second-order valence-corrected chi connectivity index (χ2v) is 5.73. The third-order valence-electron chi connectivity index (χ3n) is 4.29. The maximum Gasteiger partial charge on any atom is 0.0732 e. The van der Waals surface area contributed by atoms with Gasteiger partial charge in [-0.25, -0.2) is 0 Å². The summed E-state index contributed by atoms with van der Waals surface area (Å²) in [5, 5.41) is 8.82. The molecule has 0 aromatic heterocycles. The quantitative estimate of drug-likeness (QED) is 0.832. The van der Waals surface area contributed by atoms with Crippen LogP contribution in [0.3, 0.4) is 0 Å². The van der Waals surface area contributed by atoms with Gasteiger partial charge < -0.3 is 9.84 Å². The van der Waals surface area contributed by atoms with Gasteiger partial charge in [-0.3, -0.25) is 0 Å². The number of hydrogen-bond donors (Lipinski definition) is 1. The lowest BCUT2D eigenvalue weighted by molar-refractivity contribution is -0.0222. The molecule has 0 aliphatic heterocycles. The van der Waals surface area contributed by atoms with Crippen LogP contribution in [0.25, 0.3) is 0 Å². The van der Waals surface area contributed by atoms with E-state index in [9.17, 15) is 0 Å². The summed E-state index contributed by atoms with van der Waals surface area (Å²) in [5.74, 6) is 6.85. The van der Waals surface area contributed by atoms with Gasteiger partial charge in [-0.1, -0.05) is 56.2 Å². The van der Waals surface area contributed by atoms with Gasteiger partial charge >= 0.3 is 0 Å². The Kier molecular flexibility index (Phi) is 6.79. The minimum Gasteiger partial charge on any atom is -0.395 e. The molecule has 2 atom stereocenters. The molecule has 1 saturated carbocycles.